The van der Waals surface area contributed by atoms with Crippen molar-refractivity contribution in [1.29, 1.82) is 0 Å². The molecule has 0 aliphatic carbocycles. The van der Waals surface area contributed by atoms with Crippen LogP contribution in [0, 0.1) is 5.92 Å². The third-order valence-corrected chi connectivity index (χ3v) is 2.22. The van der Waals surface area contributed by atoms with Crippen molar-refractivity contribution in [2.45, 2.75) is 32.4 Å². The van der Waals surface area contributed by atoms with Crippen LogP contribution in [0.5, 0.6) is 0 Å². The SMILES string of the molecule is COCC(O)CNC(CCO)C(C)C. The lowest BCUT2D eigenvalue weighted by atomic mass is 10.0. The molecule has 0 aromatic rings. The predicted octanol–water partition coefficient (Wildman–Crippen LogP) is -0.00970. The van der Waals surface area contributed by atoms with Gasteiger partial charge in [0.15, 0.2) is 0 Å². The second-order valence-corrected chi connectivity index (χ2v) is 3.88. The van der Waals surface area contributed by atoms with Gasteiger partial charge in [0, 0.05) is 26.3 Å². The number of aliphatic hydroxyl groups excluding tert-OH is 2. The van der Waals surface area contributed by atoms with Gasteiger partial charge in [-0.15, -0.1) is 0 Å². The first-order valence-corrected chi connectivity index (χ1v) is 5.13. The Bertz CT molecular complexity index is 131. The molecule has 0 aliphatic heterocycles. The molecule has 0 spiro atoms. The van der Waals surface area contributed by atoms with Crippen LogP contribution in [0.4, 0.5) is 0 Å². The minimum atomic E-state index is -0.472. The van der Waals surface area contributed by atoms with Crippen LogP contribution >= 0.6 is 0 Å². The smallest absolute Gasteiger partial charge is 0.0897 e. The maximum Gasteiger partial charge on any atom is 0.0897 e. The predicted molar refractivity (Wildman–Crippen MR) is 56.2 cm³/mol. The molecule has 3 N–H and O–H groups in total. The Balaban J connectivity index is 3.69. The van der Waals surface area contributed by atoms with Gasteiger partial charge in [0.1, 0.15) is 0 Å². The minimum absolute atomic E-state index is 0.177. The van der Waals surface area contributed by atoms with Crippen molar-refractivity contribution in [2.75, 3.05) is 26.9 Å². The van der Waals surface area contributed by atoms with E-state index in [1.807, 2.05) is 0 Å². The third-order valence-electron chi connectivity index (χ3n) is 2.22. The lowest BCUT2D eigenvalue weighted by Crippen LogP contribution is -2.40. The Kier molecular flexibility index (Phi) is 8.08. The van der Waals surface area contributed by atoms with E-state index in [1.165, 1.54) is 0 Å². The number of ether oxygens (including phenoxy) is 1. The van der Waals surface area contributed by atoms with Crippen molar-refractivity contribution in [2.24, 2.45) is 5.92 Å². The van der Waals surface area contributed by atoms with Gasteiger partial charge in [0.25, 0.3) is 0 Å². The zero-order chi connectivity index (χ0) is 11.0. The number of nitrogens with one attached hydrogen (secondary N) is 1. The van der Waals surface area contributed by atoms with E-state index >= 15 is 0 Å². The van der Waals surface area contributed by atoms with Crippen LogP contribution in [0.15, 0.2) is 0 Å². The first-order chi connectivity index (χ1) is 6.61. The van der Waals surface area contributed by atoms with E-state index in [2.05, 4.69) is 19.2 Å². The molecule has 4 heteroatoms. The second-order valence-electron chi connectivity index (χ2n) is 3.88. The molecule has 0 aromatic heterocycles. The number of rotatable bonds is 8. The van der Waals surface area contributed by atoms with Gasteiger partial charge in [-0.05, 0) is 12.3 Å². The van der Waals surface area contributed by atoms with Crippen LogP contribution in [0.25, 0.3) is 0 Å². The molecular formula is C10H23NO3. The van der Waals surface area contributed by atoms with E-state index in [-0.39, 0.29) is 12.6 Å². The molecule has 0 bridgehead atoms. The number of hydrogen-bond acceptors (Lipinski definition) is 4. The molecule has 2 unspecified atom stereocenters. The van der Waals surface area contributed by atoms with E-state index in [4.69, 9.17) is 9.84 Å². The Morgan fingerprint density at radius 1 is 1.36 bits per heavy atom. The molecular weight excluding hydrogens is 182 g/mol. The van der Waals surface area contributed by atoms with Gasteiger partial charge >= 0.3 is 0 Å². The van der Waals surface area contributed by atoms with Crippen molar-refractivity contribution in [1.82, 2.24) is 5.32 Å². The van der Waals surface area contributed by atoms with Crippen molar-refractivity contribution >= 4 is 0 Å². The minimum Gasteiger partial charge on any atom is -0.396 e. The summed E-state index contributed by atoms with van der Waals surface area (Å²) >= 11 is 0. The second kappa shape index (κ2) is 8.17. The maximum absolute atomic E-state index is 9.40. The summed E-state index contributed by atoms with van der Waals surface area (Å²) < 4.78 is 4.82. The molecule has 4 nitrogen and oxygen atoms in total. The van der Waals surface area contributed by atoms with E-state index in [9.17, 15) is 5.11 Å². The molecule has 0 rings (SSSR count). The third kappa shape index (κ3) is 6.32. The highest BCUT2D eigenvalue weighted by atomic mass is 16.5. The van der Waals surface area contributed by atoms with E-state index in [1.54, 1.807) is 7.11 Å². The van der Waals surface area contributed by atoms with Gasteiger partial charge in [0.2, 0.25) is 0 Å². The number of aliphatic hydroxyl groups is 2. The van der Waals surface area contributed by atoms with Gasteiger partial charge in [-0.2, -0.15) is 0 Å². The topological polar surface area (TPSA) is 61.7 Å². The quantitative estimate of drug-likeness (QED) is 0.521. The Labute approximate surface area is 86.3 Å². The number of hydrogen-bond donors (Lipinski definition) is 3. The van der Waals surface area contributed by atoms with Crippen molar-refractivity contribution in [3.8, 4) is 0 Å². The van der Waals surface area contributed by atoms with E-state index < -0.39 is 6.10 Å². The number of methoxy groups -OCH3 is 1. The molecule has 0 aromatic carbocycles. The fraction of sp³-hybridized carbons (Fsp3) is 1.00. The summed E-state index contributed by atoms with van der Waals surface area (Å²) in [5.74, 6) is 0.455. The van der Waals surface area contributed by atoms with Gasteiger partial charge in [0.05, 0.1) is 12.7 Å². The first-order valence-electron chi connectivity index (χ1n) is 5.13. The average molecular weight is 205 g/mol. The first kappa shape index (κ1) is 13.8. The normalized spacial score (nSPS) is 15.9. The molecule has 0 aliphatic rings. The Morgan fingerprint density at radius 3 is 2.43 bits per heavy atom. The van der Waals surface area contributed by atoms with Crippen LogP contribution < -0.4 is 5.32 Å². The molecule has 0 heterocycles. The highest BCUT2D eigenvalue weighted by molar-refractivity contribution is 4.72. The highest BCUT2D eigenvalue weighted by Gasteiger charge is 2.13. The summed E-state index contributed by atoms with van der Waals surface area (Å²) in [7, 11) is 1.57. The molecule has 0 saturated carbocycles. The molecule has 2 atom stereocenters. The monoisotopic (exact) mass is 205 g/mol. The maximum atomic E-state index is 9.40. The molecule has 0 radical (unpaired) electrons. The summed E-state index contributed by atoms with van der Waals surface area (Å²) in [6, 6.07) is 0.256. The van der Waals surface area contributed by atoms with Crippen molar-refractivity contribution in [3.05, 3.63) is 0 Å². The van der Waals surface area contributed by atoms with Crippen LogP contribution in [-0.2, 0) is 4.74 Å². The van der Waals surface area contributed by atoms with E-state index in [0.717, 1.165) is 6.42 Å². The highest BCUT2D eigenvalue weighted by Crippen LogP contribution is 2.05. The van der Waals surface area contributed by atoms with Gasteiger partial charge in [-0.25, -0.2) is 0 Å². The standard InChI is InChI=1S/C10H23NO3/c1-8(2)10(4-5-12)11-6-9(13)7-14-3/h8-13H,4-7H2,1-3H3. The fourth-order valence-electron chi connectivity index (χ4n) is 1.35. The van der Waals surface area contributed by atoms with Crippen LogP contribution in [0.2, 0.25) is 0 Å². The van der Waals surface area contributed by atoms with Crippen LogP contribution in [-0.4, -0.2) is 49.2 Å². The molecule has 0 amide bonds. The van der Waals surface area contributed by atoms with Gasteiger partial charge in [-0.1, -0.05) is 13.8 Å². The lowest BCUT2D eigenvalue weighted by Gasteiger charge is -2.23. The molecule has 86 valence electrons. The molecule has 14 heavy (non-hydrogen) atoms. The summed E-state index contributed by atoms with van der Waals surface area (Å²) in [6.07, 6.45) is 0.247. The fourth-order valence-corrected chi connectivity index (χ4v) is 1.35. The van der Waals surface area contributed by atoms with Crippen LogP contribution in [0.3, 0.4) is 0 Å². The zero-order valence-corrected chi connectivity index (χ0v) is 9.36. The summed E-state index contributed by atoms with van der Waals surface area (Å²) in [4.78, 5) is 0. The molecule has 0 saturated heterocycles. The van der Waals surface area contributed by atoms with Crippen molar-refractivity contribution in [3.63, 3.8) is 0 Å². The van der Waals surface area contributed by atoms with Crippen LogP contribution in [0.1, 0.15) is 20.3 Å². The molecule has 0 fully saturated rings. The zero-order valence-electron chi connectivity index (χ0n) is 9.36. The Hall–Kier alpha value is -0.160. The average Bonchev–Trinajstić information content (AvgIpc) is 2.12. The lowest BCUT2D eigenvalue weighted by molar-refractivity contribution is 0.0606. The Morgan fingerprint density at radius 2 is 2.00 bits per heavy atom. The largest absolute Gasteiger partial charge is 0.396 e. The van der Waals surface area contributed by atoms with Crippen molar-refractivity contribution < 1.29 is 14.9 Å². The van der Waals surface area contributed by atoms with Gasteiger partial charge < -0.3 is 20.3 Å². The van der Waals surface area contributed by atoms with Gasteiger partial charge in [-0.3, -0.25) is 0 Å². The van der Waals surface area contributed by atoms with E-state index in [0.29, 0.717) is 19.1 Å². The summed E-state index contributed by atoms with van der Waals surface area (Å²) in [6.45, 7) is 5.22. The summed E-state index contributed by atoms with van der Waals surface area (Å²) in [5.41, 5.74) is 0. The summed E-state index contributed by atoms with van der Waals surface area (Å²) in [5, 5.41) is 21.4.